The van der Waals surface area contributed by atoms with Gasteiger partial charge < -0.3 is 5.11 Å². The second kappa shape index (κ2) is 4.55. The van der Waals surface area contributed by atoms with Crippen LogP contribution in [0.1, 0.15) is 12.1 Å². The third kappa shape index (κ3) is 2.27. The summed E-state index contributed by atoms with van der Waals surface area (Å²) in [6, 6.07) is 4.20. The highest BCUT2D eigenvalue weighted by molar-refractivity contribution is 5.86. The van der Waals surface area contributed by atoms with Gasteiger partial charge in [-0.15, -0.1) is 0 Å². The van der Waals surface area contributed by atoms with Gasteiger partial charge in [-0.2, -0.15) is 5.10 Å². The predicted molar refractivity (Wildman–Crippen MR) is 61.9 cm³/mol. The third-order valence-corrected chi connectivity index (χ3v) is 2.20. The van der Waals surface area contributed by atoms with Gasteiger partial charge in [-0.25, -0.2) is 0 Å². The van der Waals surface area contributed by atoms with E-state index in [2.05, 4.69) is 22.0 Å². The summed E-state index contributed by atoms with van der Waals surface area (Å²) in [5.74, 6) is 4.00. The normalized spacial score (nSPS) is 9.78. The number of benzene rings is 1. The Hall–Kier alpha value is -2.88. The number of hydrogen-bond acceptors (Lipinski definition) is 4. The van der Waals surface area contributed by atoms with E-state index in [0.717, 1.165) is 0 Å². The van der Waals surface area contributed by atoms with Crippen molar-refractivity contribution < 1.29 is 14.8 Å². The number of non-ortho nitro benzene ring substituents is 1. The second-order valence-corrected chi connectivity index (χ2v) is 3.43. The number of nitrogens with zero attached hydrogens (tertiary/aromatic N) is 2. The van der Waals surface area contributed by atoms with Crippen LogP contribution in [0.4, 0.5) is 5.69 Å². The molecule has 7 nitrogen and oxygen atoms in total. The first-order chi connectivity index (χ1) is 8.58. The third-order valence-electron chi connectivity index (χ3n) is 2.20. The number of aromatic nitrogens is 2. The zero-order valence-electron chi connectivity index (χ0n) is 9.01. The van der Waals surface area contributed by atoms with E-state index in [0.29, 0.717) is 16.6 Å². The standard InChI is InChI=1S/C11H7N3O4/c15-11(16)3-1-2-9-8-6-7(14(17)18)4-5-10(8)13-12-9/h4-6H,3H2,(H,12,13)(H,15,16). The number of carboxylic acids is 1. The summed E-state index contributed by atoms with van der Waals surface area (Å²) < 4.78 is 0. The quantitative estimate of drug-likeness (QED) is 0.470. The van der Waals surface area contributed by atoms with Gasteiger partial charge in [0.15, 0.2) is 0 Å². The van der Waals surface area contributed by atoms with Crippen LogP contribution in [0.5, 0.6) is 0 Å². The van der Waals surface area contributed by atoms with Crippen LogP contribution in [0, 0.1) is 22.0 Å². The van der Waals surface area contributed by atoms with Gasteiger partial charge in [0, 0.05) is 17.5 Å². The Labute approximate surface area is 101 Å². The molecule has 0 saturated heterocycles. The van der Waals surface area contributed by atoms with Crippen molar-refractivity contribution in [2.45, 2.75) is 6.42 Å². The monoisotopic (exact) mass is 245 g/mol. The number of rotatable bonds is 2. The summed E-state index contributed by atoms with van der Waals surface area (Å²) in [6.45, 7) is 0. The molecule has 0 fully saturated rings. The molecular weight excluding hydrogens is 238 g/mol. The summed E-state index contributed by atoms with van der Waals surface area (Å²) in [6.07, 6.45) is -0.296. The van der Waals surface area contributed by atoms with E-state index in [1.165, 1.54) is 18.2 Å². The number of hydrogen-bond donors (Lipinski definition) is 2. The minimum atomic E-state index is -1.03. The van der Waals surface area contributed by atoms with E-state index in [1.54, 1.807) is 0 Å². The lowest BCUT2D eigenvalue weighted by Crippen LogP contribution is -1.90. The van der Waals surface area contributed by atoms with Crippen molar-refractivity contribution >= 4 is 22.6 Å². The van der Waals surface area contributed by atoms with Crippen LogP contribution in [0.15, 0.2) is 18.2 Å². The largest absolute Gasteiger partial charge is 0.481 e. The van der Waals surface area contributed by atoms with Gasteiger partial charge in [0.1, 0.15) is 12.1 Å². The number of nitrogens with one attached hydrogen (secondary N) is 1. The zero-order chi connectivity index (χ0) is 13.1. The highest BCUT2D eigenvalue weighted by Crippen LogP contribution is 2.21. The molecule has 2 N–H and O–H groups in total. The van der Waals surface area contributed by atoms with E-state index in [9.17, 15) is 14.9 Å². The molecule has 0 atom stereocenters. The number of carbonyl (C=O) groups is 1. The first kappa shape index (κ1) is 11.6. The Bertz CT molecular complexity index is 693. The molecule has 2 aromatic rings. The lowest BCUT2D eigenvalue weighted by atomic mass is 10.2. The molecule has 0 aliphatic heterocycles. The number of aromatic amines is 1. The maximum absolute atomic E-state index is 10.6. The van der Waals surface area contributed by atoms with Crippen molar-refractivity contribution in [2.75, 3.05) is 0 Å². The molecule has 0 radical (unpaired) electrons. The molecule has 7 heteroatoms. The number of H-pyrrole nitrogens is 1. The van der Waals surface area contributed by atoms with Crippen LogP contribution in [-0.4, -0.2) is 26.2 Å². The molecule has 0 aliphatic rings. The van der Waals surface area contributed by atoms with Gasteiger partial charge in [0.25, 0.3) is 5.69 Å². The van der Waals surface area contributed by atoms with Crippen LogP contribution in [-0.2, 0) is 4.79 Å². The Morgan fingerprint density at radius 1 is 1.56 bits per heavy atom. The van der Waals surface area contributed by atoms with E-state index < -0.39 is 10.9 Å². The Morgan fingerprint density at radius 3 is 3.00 bits per heavy atom. The van der Waals surface area contributed by atoms with Crippen LogP contribution < -0.4 is 0 Å². The molecule has 1 aromatic heterocycles. The van der Waals surface area contributed by atoms with Gasteiger partial charge in [0.05, 0.1) is 10.4 Å². The van der Waals surface area contributed by atoms with Gasteiger partial charge in [-0.05, 0) is 12.0 Å². The van der Waals surface area contributed by atoms with Gasteiger partial charge in [-0.3, -0.25) is 20.0 Å². The average Bonchev–Trinajstić information content (AvgIpc) is 2.71. The molecule has 90 valence electrons. The number of aliphatic carboxylic acids is 1. The summed E-state index contributed by atoms with van der Waals surface area (Å²) in [5.41, 5.74) is 0.848. The van der Waals surface area contributed by atoms with Gasteiger partial charge in [-0.1, -0.05) is 5.92 Å². The Kier molecular flexibility index (Phi) is 2.93. The summed E-state index contributed by atoms with van der Waals surface area (Å²) in [7, 11) is 0. The minimum absolute atomic E-state index is 0.0646. The topological polar surface area (TPSA) is 109 Å². The van der Waals surface area contributed by atoms with E-state index >= 15 is 0 Å². The van der Waals surface area contributed by atoms with Crippen molar-refractivity contribution in [3.8, 4) is 11.8 Å². The highest BCUT2D eigenvalue weighted by atomic mass is 16.6. The Morgan fingerprint density at radius 2 is 2.33 bits per heavy atom. The molecule has 2 rings (SSSR count). The van der Waals surface area contributed by atoms with Crippen LogP contribution in [0.25, 0.3) is 10.9 Å². The summed E-state index contributed by atoms with van der Waals surface area (Å²) in [4.78, 5) is 20.4. The van der Waals surface area contributed by atoms with Gasteiger partial charge in [0.2, 0.25) is 0 Å². The Balaban J connectivity index is 2.44. The number of nitro benzene ring substituents is 1. The fraction of sp³-hybridized carbons (Fsp3) is 0.0909. The number of nitro groups is 1. The summed E-state index contributed by atoms with van der Waals surface area (Å²) >= 11 is 0. The molecule has 0 aliphatic carbocycles. The smallest absolute Gasteiger partial charge is 0.315 e. The zero-order valence-corrected chi connectivity index (χ0v) is 9.01. The molecule has 1 aromatic carbocycles. The van der Waals surface area contributed by atoms with Crippen LogP contribution >= 0.6 is 0 Å². The molecule has 0 saturated carbocycles. The van der Waals surface area contributed by atoms with Crippen molar-refractivity contribution in [2.24, 2.45) is 0 Å². The maximum atomic E-state index is 10.6. The van der Waals surface area contributed by atoms with E-state index in [-0.39, 0.29) is 12.1 Å². The molecular formula is C11H7N3O4. The second-order valence-electron chi connectivity index (χ2n) is 3.43. The number of carboxylic acid groups (broad SMARTS) is 1. The first-order valence-corrected chi connectivity index (χ1v) is 4.91. The van der Waals surface area contributed by atoms with E-state index in [4.69, 9.17) is 5.11 Å². The molecule has 0 unspecified atom stereocenters. The SMILES string of the molecule is O=C(O)CC#Cc1[nH]nc2ccc([N+](=O)[O-])cc12. The first-order valence-electron chi connectivity index (χ1n) is 4.91. The molecule has 0 spiro atoms. The van der Waals surface area contributed by atoms with E-state index in [1.807, 2.05) is 0 Å². The van der Waals surface area contributed by atoms with Crippen molar-refractivity contribution in [3.05, 3.63) is 34.0 Å². The average molecular weight is 245 g/mol. The predicted octanol–water partition coefficient (Wildman–Crippen LogP) is 1.30. The lowest BCUT2D eigenvalue weighted by Gasteiger charge is -1.91. The van der Waals surface area contributed by atoms with Crippen molar-refractivity contribution in [3.63, 3.8) is 0 Å². The molecule has 1 heterocycles. The fourth-order valence-corrected chi connectivity index (χ4v) is 1.42. The highest BCUT2D eigenvalue weighted by Gasteiger charge is 2.10. The lowest BCUT2D eigenvalue weighted by molar-refractivity contribution is -0.384. The fourth-order valence-electron chi connectivity index (χ4n) is 1.42. The van der Waals surface area contributed by atoms with Crippen LogP contribution in [0.3, 0.4) is 0 Å². The van der Waals surface area contributed by atoms with Crippen molar-refractivity contribution in [1.82, 2.24) is 10.2 Å². The minimum Gasteiger partial charge on any atom is -0.481 e. The number of fused-ring (bicyclic) bond motifs is 1. The van der Waals surface area contributed by atoms with Crippen LogP contribution in [0.2, 0.25) is 0 Å². The van der Waals surface area contributed by atoms with Gasteiger partial charge >= 0.3 is 5.97 Å². The summed E-state index contributed by atoms with van der Waals surface area (Å²) in [5, 5.41) is 26.1. The molecule has 0 amide bonds. The molecule has 0 bridgehead atoms. The maximum Gasteiger partial charge on any atom is 0.315 e. The van der Waals surface area contributed by atoms with Crippen molar-refractivity contribution in [1.29, 1.82) is 0 Å². The molecule has 18 heavy (non-hydrogen) atoms.